The van der Waals surface area contributed by atoms with Crippen LogP contribution in [0.4, 0.5) is 0 Å². The first kappa shape index (κ1) is 20.6. The molecular formula is C17H30O5. The molecule has 0 aliphatic heterocycles. The molecule has 0 aliphatic carbocycles. The maximum absolute atomic E-state index is 12.2. The number of Topliss-reactive ketones (excluding diaryl/α,β-unsaturated/α-hetero) is 1. The summed E-state index contributed by atoms with van der Waals surface area (Å²) < 4.78 is 10.5. The van der Waals surface area contributed by atoms with Gasteiger partial charge in [0.05, 0.1) is 12.3 Å². The fourth-order valence-corrected chi connectivity index (χ4v) is 1.69. The minimum Gasteiger partial charge on any atom is -0.460 e. The van der Waals surface area contributed by atoms with E-state index in [1.165, 1.54) is 0 Å². The molecule has 0 aromatic rings. The number of ether oxygens (including phenoxy) is 2. The van der Waals surface area contributed by atoms with Crippen LogP contribution < -0.4 is 0 Å². The number of carbonyl (C=O) groups is 3. The number of hydrogen-bond acceptors (Lipinski definition) is 5. The Morgan fingerprint density at radius 2 is 1.27 bits per heavy atom. The second-order valence-corrected chi connectivity index (χ2v) is 7.85. The molecule has 0 aromatic heterocycles. The maximum Gasteiger partial charge on any atom is 0.310 e. The minimum atomic E-state index is -0.802. The fraction of sp³-hybridized carbons (Fsp3) is 0.824. The van der Waals surface area contributed by atoms with Crippen LogP contribution in [-0.2, 0) is 23.9 Å². The third-order valence-electron chi connectivity index (χ3n) is 2.66. The van der Waals surface area contributed by atoms with Gasteiger partial charge in [0.1, 0.15) is 17.0 Å². The zero-order chi connectivity index (χ0) is 17.7. The smallest absolute Gasteiger partial charge is 0.310 e. The van der Waals surface area contributed by atoms with E-state index in [4.69, 9.17) is 9.47 Å². The predicted molar refractivity (Wildman–Crippen MR) is 84.3 cm³/mol. The summed E-state index contributed by atoms with van der Waals surface area (Å²) in [7, 11) is 0. The molecule has 0 amide bonds. The minimum absolute atomic E-state index is 0.00811. The van der Waals surface area contributed by atoms with Gasteiger partial charge in [0.25, 0.3) is 0 Å². The van der Waals surface area contributed by atoms with E-state index in [0.29, 0.717) is 0 Å². The van der Waals surface area contributed by atoms with Crippen LogP contribution in [-0.4, -0.2) is 28.9 Å². The Hall–Kier alpha value is -1.39. The van der Waals surface area contributed by atoms with Crippen LogP contribution in [0.15, 0.2) is 0 Å². The Morgan fingerprint density at radius 1 is 0.818 bits per heavy atom. The van der Waals surface area contributed by atoms with Crippen molar-refractivity contribution in [1.82, 2.24) is 0 Å². The summed E-state index contributed by atoms with van der Waals surface area (Å²) in [5.74, 6) is -2.10. The average Bonchev–Trinajstić information content (AvgIpc) is 2.22. The normalized spacial score (nSPS) is 13.7. The van der Waals surface area contributed by atoms with Gasteiger partial charge < -0.3 is 9.47 Å². The highest BCUT2D eigenvalue weighted by molar-refractivity contribution is 5.88. The van der Waals surface area contributed by atoms with Crippen molar-refractivity contribution in [2.24, 2.45) is 11.8 Å². The van der Waals surface area contributed by atoms with Gasteiger partial charge in [-0.25, -0.2) is 0 Å². The molecule has 5 nitrogen and oxygen atoms in total. The standard InChI is InChI=1S/C17H30O5/c1-11(2)13(18)9-12(15(20)22-17(6,7)8)10-14(19)21-16(3,4)5/h11-12H,9-10H2,1-8H3/t12-/m0/s1. The fourth-order valence-electron chi connectivity index (χ4n) is 1.69. The van der Waals surface area contributed by atoms with Crippen LogP contribution in [0.3, 0.4) is 0 Å². The first-order valence-electron chi connectivity index (χ1n) is 7.68. The predicted octanol–water partition coefficient (Wildman–Crippen LogP) is 3.29. The number of esters is 2. The van der Waals surface area contributed by atoms with E-state index in [1.807, 2.05) is 0 Å². The van der Waals surface area contributed by atoms with Crippen LogP contribution in [0.5, 0.6) is 0 Å². The van der Waals surface area contributed by atoms with Crippen molar-refractivity contribution in [3.05, 3.63) is 0 Å². The maximum atomic E-state index is 12.2. The van der Waals surface area contributed by atoms with E-state index in [-0.39, 0.29) is 24.5 Å². The summed E-state index contributed by atoms with van der Waals surface area (Å²) in [5.41, 5.74) is -1.29. The van der Waals surface area contributed by atoms with Crippen molar-refractivity contribution >= 4 is 17.7 Å². The van der Waals surface area contributed by atoms with Crippen LogP contribution >= 0.6 is 0 Å². The Morgan fingerprint density at radius 3 is 1.64 bits per heavy atom. The van der Waals surface area contributed by atoms with Gasteiger partial charge in [-0.3, -0.25) is 14.4 Å². The largest absolute Gasteiger partial charge is 0.460 e. The Balaban J connectivity index is 4.97. The third-order valence-corrected chi connectivity index (χ3v) is 2.66. The second-order valence-electron chi connectivity index (χ2n) is 7.85. The van der Waals surface area contributed by atoms with Gasteiger partial charge in [0, 0.05) is 12.3 Å². The molecule has 0 fully saturated rings. The number of rotatable bonds is 6. The SMILES string of the molecule is CC(C)C(=O)C[C@@H](CC(=O)OC(C)(C)C)C(=O)OC(C)(C)C. The zero-order valence-corrected chi connectivity index (χ0v) is 15.1. The summed E-state index contributed by atoms with van der Waals surface area (Å²) in [4.78, 5) is 36.1. The van der Waals surface area contributed by atoms with Gasteiger partial charge in [0.2, 0.25) is 0 Å². The molecule has 0 rings (SSSR count). The number of ketones is 1. The number of hydrogen-bond donors (Lipinski definition) is 0. The lowest BCUT2D eigenvalue weighted by molar-refractivity contribution is -0.168. The quantitative estimate of drug-likeness (QED) is 0.704. The molecule has 0 heterocycles. The molecule has 1 atom stereocenters. The Kier molecular flexibility index (Phi) is 7.26. The van der Waals surface area contributed by atoms with E-state index in [1.54, 1.807) is 55.4 Å². The van der Waals surface area contributed by atoms with Crippen LogP contribution in [0.2, 0.25) is 0 Å². The molecule has 0 saturated heterocycles. The molecule has 0 aliphatic rings. The summed E-state index contributed by atoms with van der Waals surface area (Å²) in [6, 6.07) is 0. The van der Waals surface area contributed by atoms with Gasteiger partial charge in [-0.15, -0.1) is 0 Å². The van der Waals surface area contributed by atoms with Gasteiger partial charge in [-0.2, -0.15) is 0 Å². The topological polar surface area (TPSA) is 69.7 Å². The van der Waals surface area contributed by atoms with Gasteiger partial charge in [0.15, 0.2) is 0 Å². The van der Waals surface area contributed by atoms with Gasteiger partial charge in [-0.05, 0) is 41.5 Å². The van der Waals surface area contributed by atoms with Crippen molar-refractivity contribution in [3.63, 3.8) is 0 Å². The lowest BCUT2D eigenvalue weighted by Crippen LogP contribution is -2.33. The van der Waals surface area contributed by atoms with Crippen LogP contribution in [0, 0.1) is 11.8 Å². The molecule has 0 unspecified atom stereocenters. The highest BCUT2D eigenvalue weighted by Crippen LogP contribution is 2.21. The molecule has 0 N–H and O–H groups in total. The summed E-state index contributed by atoms with van der Waals surface area (Å²) in [6.07, 6.45) is -0.156. The molecule has 0 aromatic carbocycles. The molecule has 0 bridgehead atoms. The van der Waals surface area contributed by atoms with Crippen molar-refractivity contribution < 1.29 is 23.9 Å². The van der Waals surface area contributed by atoms with E-state index in [9.17, 15) is 14.4 Å². The summed E-state index contributed by atoms with van der Waals surface area (Å²) >= 11 is 0. The van der Waals surface area contributed by atoms with Crippen LogP contribution in [0.1, 0.15) is 68.2 Å². The summed E-state index contributed by atoms with van der Waals surface area (Å²) in [5, 5.41) is 0. The average molecular weight is 314 g/mol. The van der Waals surface area contributed by atoms with E-state index >= 15 is 0 Å². The second kappa shape index (κ2) is 7.75. The molecule has 0 spiro atoms. The Labute approximate surface area is 133 Å². The van der Waals surface area contributed by atoms with Crippen molar-refractivity contribution in [2.45, 2.75) is 79.4 Å². The van der Waals surface area contributed by atoms with E-state index < -0.39 is 29.1 Å². The zero-order valence-electron chi connectivity index (χ0n) is 15.1. The molecule has 0 radical (unpaired) electrons. The molecule has 0 saturated carbocycles. The Bertz CT molecular complexity index is 410. The van der Waals surface area contributed by atoms with Crippen molar-refractivity contribution in [1.29, 1.82) is 0 Å². The van der Waals surface area contributed by atoms with Gasteiger partial charge >= 0.3 is 11.9 Å². The first-order valence-corrected chi connectivity index (χ1v) is 7.68. The lowest BCUT2D eigenvalue weighted by Gasteiger charge is -2.25. The van der Waals surface area contributed by atoms with Gasteiger partial charge in [-0.1, -0.05) is 13.8 Å². The summed E-state index contributed by atoms with van der Waals surface area (Å²) in [6.45, 7) is 14.1. The third kappa shape index (κ3) is 9.53. The monoisotopic (exact) mass is 314 g/mol. The molecule has 5 heteroatoms. The molecular weight excluding hydrogens is 284 g/mol. The van der Waals surface area contributed by atoms with Crippen molar-refractivity contribution in [2.75, 3.05) is 0 Å². The van der Waals surface area contributed by atoms with E-state index in [0.717, 1.165) is 0 Å². The van der Waals surface area contributed by atoms with Crippen molar-refractivity contribution in [3.8, 4) is 0 Å². The first-order chi connectivity index (χ1) is 9.71. The molecule has 22 heavy (non-hydrogen) atoms. The number of carbonyl (C=O) groups excluding carboxylic acids is 3. The lowest BCUT2D eigenvalue weighted by atomic mass is 9.93. The highest BCUT2D eigenvalue weighted by Gasteiger charge is 2.31. The van der Waals surface area contributed by atoms with Crippen LogP contribution in [0.25, 0.3) is 0 Å². The molecule has 128 valence electrons. The highest BCUT2D eigenvalue weighted by atomic mass is 16.6. The van der Waals surface area contributed by atoms with E-state index in [2.05, 4.69) is 0 Å².